The second-order valence-corrected chi connectivity index (χ2v) is 8.53. The van der Waals surface area contributed by atoms with Gasteiger partial charge in [0, 0.05) is 19.1 Å². The number of hydrogen-bond donors (Lipinski definition) is 1. The number of sulfonamides is 1. The first kappa shape index (κ1) is 15.5. The second kappa shape index (κ2) is 5.50. The van der Waals surface area contributed by atoms with Gasteiger partial charge in [0.15, 0.2) is 0 Å². The van der Waals surface area contributed by atoms with E-state index in [1.54, 1.807) is 19.2 Å². The molecule has 114 valence electrons. The van der Waals surface area contributed by atoms with Crippen LogP contribution in [0, 0.1) is 5.92 Å². The molecular weight excluding hydrogens is 276 g/mol. The third kappa shape index (κ3) is 4.07. The monoisotopic (exact) mass is 300 g/mol. The van der Waals surface area contributed by atoms with Crippen molar-refractivity contribution in [1.29, 1.82) is 0 Å². The molecule has 0 radical (unpaired) electrons. The van der Waals surface area contributed by atoms with E-state index in [1.807, 2.05) is 0 Å². The Morgan fingerprint density at radius 1 is 1.35 bits per heavy atom. The quantitative estimate of drug-likeness (QED) is 0.875. The summed E-state index contributed by atoms with van der Waals surface area (Å²) in [6.07, 6.45) is 2.25. The summed E-state index contributed by atoms with van der Waals surface area (Å²) in [5.74, 6) is 1.16. The van der Waals surface area contributed by atoms with Gasteiger partial charge in [0.25, 0.3) is 10.0 Å². The van der Waals surface area contributed by atoms with Crippen molar-refractivity contribution in [1.82, 2.24) is 9.62 Å². The minimum Gasteiger partial charge on any atom is -0.447 e. The highest BCUT2D eigenvalue weighted by atomic mass is 32.2. The van der Waals surface area contributed by atoms with Gasteiger partial charge in [0.1, 0.15) is 5.76 Å². The van der Waals surface area contributed by atoms with E-state index >= 15 is 0 Å². The molecule has 1 aliphatic carbocycles. The molecule has 0 unspecified atom stereocenters. The number of nitrogens with zero attached hydrogens (tertiary/aromatic N) is 1. The lowest BCUT2D eigenvalue weighted by Gasteiger charge is -2.19. The molecule has 5 nitrogen and oxygen atoms in total. The zero-order valence-corrected chi connectivity index (χ0v) is 13.5. The van der Waals surface area contributed by atoms with E-state index < -0.39 is 10.0 Å². The van der Waals surface area contributed by atoms with Crippen LogP contribution in [-0.4, -0.2) is 31.9 Å². The van der Waals surface area contributed by atoms with Crippen molar-refractivity contribution in [3.63, 3.8) is 0 Å². The summed E-state index contributed by atoms with van der Waals surface area (Å²) in [7, 11) is -1.87. The molecule has 0 atom stereocenters. The highest BCUT2D eigenvalue weighted by Crippen LogP contribution is 2.31. The van der Waals surface area contributed by atoms with Gasteiger partial charge in [0.2, 0.25) is 5.09 Å². The molecule has 1 aromatic heterocycles. The van der Waals surface area contributed by atoms with Gasteiger partial charge in [-0.25, -0.2) is 8.42 Å². The first-order valence-corrected chi connectivity index (χ1v) is 8.42. The number of rotatable bonds is 6. The Bertz CT molecular complexity index is 553. The number of hydrogen-bond acceptors (Lipinski definition) is 4. The van der Waals surface area contributed by atoms with E-state index in [2.05, 4.69) is 26.1 Å². The molecule has 1 aliphatic rings. The summed E-state index contributed by atoms with van der Waals surface area (Å²) in [6.45, 7) is 7.26. The lowest BCUT2D eigenvalue weighted by Crippen LogP contribution is -2.34. The Morgan fingerprint density at radius 2 is 2.00 bits per heavy atom. The Kier molecular flexibility index (Phi) is 4.27. The zero-order chi connectivity index (χ0) is 15.0. The molecule has 20 heavy (non-hydrogen) atoms. The van der Waals surface area contributed by atoms with Crippen molar-refractivity contribution in [2.45, 2.75) is 50.8 Å². The minimum atomic E-state index is -3.49. The molecule has 0 aromatic carbocycles. The van der Waals surface area contributed by atoms with Gasteiger partial charge in [-0.05, 0) is 51.7 Å². The Morgan fingerprint density at radius 3 is 2.55 bits per heavy atom. The Labute approximate surface area is 121 Å². The molecular formula is C14H24N2O3S. The summed E-state index contributed by atoms with van der Waals surface area (Å²) in [6, 6.07) is 3.26. The highest BCUT2D eigenvalue weighted by molar-refractivity contribution is 7.89. The van der Waals surface area contributed by atoms with E-state index in [-0.39, 0.29) is 10.6 Å². The largest absolute Gasteiger partial charge is 0.447 e. The van der Waals surface area contributed by atoms with Crippen LogP contribution in [0.3, 0.4) is 0 Å². The van der Waals surface area contributed by atoms with Gasteiger partial charge >= 0.3 is 0 Å². The lowest BCUT2D eigenvalue weighted by atomic mass is 10.1. The first-order valence-electron chi connectivity index (χ1n) is 6.98. The third-order valence-electron chi connectivity index (χ3n) is 3.31. The van der Waals surface area contributed by atoms with E-state index in [0.717, 1.165) is 12.8 Å². The van der Waals surface area contributed by atoms with Crippen LogP contribution in [0.4, 0.5) is 0 Å². The van der Waals surface area contributed by atoms with Crippen LogP contribution >= 0.6 is 0 Å². The SMILES string of the molecule is CN(CC1CC1)S(=O)(=O)c1ccc(CNC(C)(C)C)o1. The Hall–Kier alpha value is -0.850. The second-order valence-electron chi connectivity index (χ2n) is 6.55. The van der Waals surface area contributed by atoms with Crippen LogP contribution in [-0.2, 0) is 16.6 Å². The summed E-state index contributed by atoms with van der Waals surface area (Å²) >= 11 is 0. The smallest absolute Gasteiger partial charge is 0.276 e. The first-order chi connectivity index (χ1) is 9.18. The summed E-state index contributed by atoms with van der Waals surface area (Å²) in [4.78, 5) is 0. The Balaban J connectivity index is 2.03. The fourth-order valence-corrected chi connectivity index (χ4v) is 3.03. The summed E-state index contributed by atoms with van der Waals surface area (Å²) in [5.41, 5.74) is -0.0331. The van der Waals surface area contributed by atoms with Crippen LogP contribution < -0.4 is 5.32 Å². The van der Waals surface area contributed by atoms with Crippen LogP contribution in [0.2, 0.25) is 0 Å². The molecule has 1 heterocycles. The number of furan rings is 1. The molecule has 1 N–H and O–H groups in total. The standard InChI is InChI=1S/C14H24N2O3S/c1-14(2,3)15-9-12-7-8-13(19-12)20(17,18)16(4)10-11-5-6-11/h7-8,11,15H,5-6,9-10H2,1-4H3. The average molecular weight is 300 g/mol. The molecule has 0 bridgehead atoms. The van der Waals surface area contributed by atoms with Gasteiger partial charge in [-0.1, -0.05) is 0 Å². The predicted octanol–water partition coefficient (Wildman–Crippen LogP) is 2.20. The van der Waals surface area contributed by atoms with E-state index in [9.17, 15) is 8.42 Å². The topological polar surface area (TPSA) is 62.6 Å². The van der Waals surface area contributed by atoms with Gasteiger partial charge in [-0.3, -0.25) is 0 Å². The highest BCUT2D eigenvalue weighted by Gasteiger charge is 2.31. The molecule has 2 rings (SSSR count). The lowest BCUT2D eigenvalue weighted by molar-refractivity contribution is 0.350. The molecule has 0 aliphatic heterocycles. The van der Waals surface area contributed by atoms with Crippen molar-refractivity contribution in [2.24, 2.45) is 5.92 Å². The van der Waals surface area contributed by atoms with E-state index in [4.69, 9.17) is 4.42 Å². The normalized spacial score (nSPS) is 16.9. The molecule has 1 aromatic rings. The van der Waals surface area contributed by atoms with Crippen LogP contribution in [0.25, 0.3) is 0 Å². The molecule has 0 amide bonds. The van der Waals surface area contributed by atoms with E-state index in [0.29, 0.717) is 24.8 Å². The van der Waals surface area contributed by atoms with Crippen molar-refractivity contribution < 1.29 is 12.8 Å². The van der Waals surface area contributed by atoms with Crippen molar-refractivity contribution in [3.8, 4) is 0 Å². The zero-order valence-electron chi connectivity index (χ0n) is 12.6. The fraction of sp³-hybridized carbons (Fsp3) is 0.714. The molecule has 1 saturated carbocycles. The average Bonchev–Trinajstić information content (AvgIpc) is 3.00. The number of nitrogens with one attached hydrogen (secondary N) is 1. The van der Waals surface area contributed by atoms with Crippen molar-refractivity contribution >= 4 is 10.0 Å². The fourth-order valence-electron chi connectivity index (χ4n) is 1.86. The van der Waals surface area contributed by atoms with Crippen molar-refractivity contribution in [2.75, 3.05) is 13.6 Å². The third-order valence-corrected chi connectivity index (χ3v) is 5.00. The summed E-state index contributed by atoms with van der Waals surface area (Å²) in [5, 5.41) is 3.31. The van der Waals surface area contributed by atoms with Gasteiger partial charge in [-0.15, -0.1) is 0 Å². The van der Waals surface area contributed by atoms with Gasteiger partial charge < -0.3 is 9.73 Å². The maximum absolute atomic E-state index is 12.3. The maximum atomic E-state index is 12.3. The molecule has 6 heteroatoms. The summed E-state index contributed by atoms with van der Waals surface area (Å²) < 4.78 is 31.5. The van der Waals surface area contributed by atoms with Gasteiger partial charge in [-0.2, -0.15) is 4.31 Å². The van der Waals surface area contributed by atoms with Crippen LogP contribution in [0.15, 0.2) is 21.6 Å². The molecule has 0 spiro atoms. The minimum absolute atomic E-state index is 0.0331. The van der Waals surface area contributed by atoms with Gasteiger partial charge in [0.05, 0.1) is 6.54 Å². The molecule has 0 saturated heterocycles. The van der Waals surface area contributed by atoms with Crippen LogP contribution in [0.5, 0.6) is 0 Å². The molecule has 1 fully saturated rings. The van der Waals surface area contributed by atoms with Crippen molar-refractivity contribution in [3.05, 3.63) is 17.9 Å². The predicted molar refractivity (Wildman–Crippen MR) is 77.8 cm³/mol. The van der Waals surface area contributed by atoms with Crippen LogP contribution in [0.1, 0.15) is 39.4 Å². The maximum Gasteiger partial charge on any atom is 0.276 e. The van der Waals surface area contributed by atoms with E-state index in [1.165, 1.54) is 4.31 Å².